The van der Waals surface area contributed by atoms with Crippen LogP contribution in [-0.4, -0.2) is 35.2 Å². The number of halogens is 2. The summed E-state index contributed by atoms with van der Waals surface area (Å²) in [5, 5.41) is 14.8. The largest absolute Gasteiger partial charge is 0.511 e. The first-order chi connectivity index (χ1) is 15.1. The standard InChI is InChI=1S/C23H27Cl2N3O4/c1-6-28-20(19(25)15(2)27-28)21(31-14-32-22(29)30-12-11-24)18(13-26)16-7-9-17(10-8-16)23(3,4)5/h7-10H,6,11-12,14H2,1-5H3/b21-18-. The SMILES string of the molecule is CCn1nc(C)c(Cl)c1/C(OCOC(=O)OCCCl)=C(\C#N)c1ccc(C(C)(C)C)cc1. The van der Waals surface area contributed by atoms with Gasteiger partial charge in [-0.2, -0.15) is 10.4 Å². The summed E-state index contributed by atoms with van der Waals surface area (Å²) in [6.45, 7) is 10.0. The van der Waals surface area contributed by atoms with Crippen LogP contribution in [0.15, 0.2) is 24.3 Å². The smallest absolute Gasteiger partial charge is 0.453 e. The topological polar surface area (TPSA) is 86.4 Å². The van der Waals surface area contributed by atoms with E-state index in [-0.39, 0.29) is 29.2 Å². The van der Waals surface area contributed by atoms with Gasteiger partial charge in [0.2, 0.25) is 6.79 Å². The van der Waals surface area contributed by atoms with Crippen LogP contribution in [0, 0.1) is 18.3 Å². The van der Waals surface area contributed by atoms with E-state index >= 15 is 0 Å². The van der Waals surface area contributed by atoms with Gasteiger partial charge in [0.25, 0.3) is 0 Å². The highest BCUT2D eigenvalue weighted by atomic mass is 35.5. The van der Waals surface area contributed by atoms with Crippen molar-refractivity contribution in [2.24, 2.45) is 0 Å². The number of carbonyl (C=O) groups excluding carboxylic acids is 1. The first-order valence-electron chi connectivity index (χ1n) is 10.1. The van der Waals surface area contributed by atoms with E-state index in [4.69, 9.17) is 37.4 Å². The van der Waals surface area contributed by atoms with Crippen LogP contribution in [-0.2, 0) is 26.2 Å². The Morgan fingerprint density at radius 1 is 1.19 bits per heavy atom. The van der Waals surface area contributed by atoms with Gasteiger partial charge in [0.15, 0.2) is 5.76 Å². The molecule has 0 spiro atoms. The van der Waals surface area contributed by atoms with Crippen molar-refractivity contribution >= 4 is 40.7 Å². The molecule has 0 saturated carbocycles. The molecule has 7 nitrogen and oxygen atoms in total. The lowest BCUT2D eigenvalue weighted by atomic mass is 9.86. The number of nitriles is 1. The summed E-state index contributed by atoms with van der Waals surface area (Å²) in [4.78, 5) is 11.6. The predicted molar refractivity (Wildman–Crippen MR) is 124 cm³/mol. The third kappa shape index (κ3) is 6.18. The summed E-state index contributed by atoms with van der Waals surface area (Å²) < 4.78 is 17.1. The Balaban J connectivity index is 2.51. The maximum atomic E-state index is 11.6. The second kappa shape index (κ2) is 11.3. The molecule has 0 N–H and O–H groups in total. The van der Waals surface area contributed by atoms with Crippen LogP contribution >= 0.6 is 23.2 Å². The minimum atomic E-state index is -0.927. The van der Waals surface area contributed by atoms with Crippen molar-refractivity contribution in [3.8, 4) is 6.07 Å². The fourth-order valence-corrected chi connectivity index (χ4v) is 3.25. The van der Waals surface area contributed by atoms with Crippen molar-refractivity contribution in [2.45, 2.75) is 46.6 Å². The maximum absolute atomic E-state index is 11.6. The van der Waals surface area contributed by atoms with Crippen LogP contribution in [0.1, 0.15) is 50.2 Å². The van der Waals surface area contributed by atoms with Crippen LogP contribution in [0.4, 0.5) is 4.79 Å². The van der Waals surface area contributed by atoms with Crippen LogP contribution in [0.5, 0.6) is 0 Å². The second-order valence-corrected chi connectivity index (χ2v) is 8.66. The quantitative estimate of drug-likeness (QED) is 0.153. The van der Waals surface area contributed by atoms with E-state index in [9.17, 15) is 10.1 Å². The van der Waals surface area contributed by atoms with Gasteiger partial charge < -0.3 is 14.2 Å². The van der Waals surface area contributed by atoms with Gasteiger partial charge in [0.1, 0.15) is 23.9 Å². The van der Waals surface area contributed by atoms with Gasteiger partial charge in [-0.3, -0.25) is 4.68 Å². The molecule has 0 aliphatic carbocycles. The normalized spacial score (nSPS) is 12.1. The molecule has 0 aliphatic rings. The molecule has 0 aliphatic heterocycles. The number of hydrogen-bond acceptors (Lipinski definition) is 6. The first kappa shape index (κ1) is 25.6. The molecule has 1 aromatic heterocycles. The molecule has 32 heavy (non-hydrogen) atoms. The summed E-state index contributed by atoms with van der Waals surface area (Å²) in [7, 11) is 0. The summed E-state index contributed by atoms with van der Waals surface area (Å²) in [5.41, 5.74) is 2.98. The number of carbonyl (C=O) groups is 1. The maximum Gasteiger partial charge on any atom is 0.511 e. The number of nitrogens with zero attached hydrogens (tertiary/aromatic N) is 3. The molecule has 0 atom stereocenters. The van der Waals surface area contributed by atoms with Crippen LogP contribution < -0.4 is 0 Å². The van der Waals surface area contributed by atoms with Gasteiger partial charge >= 0.3 is 6.16 Å². The number of aryl methyl sites for hydroxylation is 2. The molecule has 9 heteroatoms. The zero-order valence-electron chi connectivity index (χ0n) is 18.9. The highest BCUT2D eigenvalue weighted by Crippen LogP contribution is 2.34. The lowest BCUT2D eigenvalue weighted by Gasteiger charge is -2.19. The molecule has 2 aromatic rings. The number of hydrogen-bond donors (Lipinski definition) is 0. The van der Waals surface area contributed by atoms with Gasteiger partial charge in [-0.1, -0.05) is 56.6 Å². The number of aromatic nitrogens is 2. The van der Waals surface area contributed by atoms with Crippen molar-refractivity contribution < 1.29 is 19.0 Å². The van der Waals surface area contributed by atoms with Crippen molar-refractivity contribution in [1.82, 2.24) is 9.78 Å². The van der Waals surface area contributed by atoms with Crippen molar-refractivity contribution in [1.29, 1.82) is 5.26 Å². The molecule has 0 amide bonds. The van der Waals surface area contributed by atoms with E-state index in [1.165, 1.54) is 0 Å². The van der Waals surface area contributed by atoms with Gasteiger partial charge in [0, 0.05) is 6.54 Å². The highest BCUT2D eigenvalue weighted by molar-refractivity contribution is 6.33. The Morgan fingerprint density at radius 3 is 2.38 bits per heavy atom. The summed E-state index contributed by atoms with van der Waals surface area (Å²) in [6, 6.07) is 9.84. The van der Waals surface area contributed by atoms with E-state index < -0.39 is 12.9 Å². The lowest BCUT2D eigenvalue weighted by Crippen LogP contribution is -2.13. The van der Waals surface area contributed by atoms with Gasteiger partial charge in [0.05, 0.1) is 16.6 Å². The number of ether oxygens (including phenoxy) is 3. The van der Waals surface area contributed by atoms with E-state index in [0.29, 0.717) is 28.5 Å². The Labute approximate surface area is 198 Å². The van der Waals surface area contributed by atoms with Crippen LogP contribution in [0.3, 0.4) is 0 Å². The molecule has 0 radical (unpaired) electrons. The Morgan fingerprint density at radius 2 is 1.84 bits per heavy atom. The number of benzene rings is 1. The molecule has 0 bridgehead atoms. The van der Waals surface area contributed by atoms with E-state index in [2.05, 4.69) is 31.9 Å². The molecule has 0 unspecified atom stereocenters. The molecule has 1 aromatic carbocycles. The minimum absolute atomic E-state index is 0.0142. The van der Waals surface area contributed by atoms with Crippen molar-refractivity contribution in [3.05, 3.63) is 51.8 Å². The molecular formula is C23H27Cl2N3O4. The van der Waals surface area contributed by atoms with E-state index in [1.54, 1.807) is 11.6 Å². The predicted octanol–water partition coefficient (Wildman–Crippen LogP) is 5.92. The Kier molecular flexibility index (Phi) is 8.99. The molecule has 1 heterocycles. The average molecular weight is 480 g/mol. The van der Waals surface area contributed by atoms with Crippen molar-refractivity contribution in [3.63, 3.8) is 0 Å². The highest BCUT2D eigenvalue weighted by Gasteiger charge is 2.24. The van der Waals surface area contributed by atoms with Crippen LogP contribution in [0.25, 0.3) is 11.3 Å². The number of allylic oxidation sites excluding steroid dienone is 1. The molecule has 2 rings (SSSR count). The molecule has 172 valence electrons. The zero-order chi connectivity index (χ0) is 23.9. The lowest BCUT2D eigenvalue weighted by molar-refractivity contribution is -0.00345. The zero-order valence-corrected chi connectivity index (χ0v) is 20.4. The fourth-order valence-electron chi connectivity index (χ4n) is 2.95. The number of alkyl halides is 1. The number of rotatable bonds is 8. The Bertz CT molecular complexity index is 1020. The molecule has 0 saturated heterocycles. The first-order valence-corrected chi connectivity index (χ1v) is 11.0. The molecule has 0 fully saturated rings. The fraction of sp³-hybridized carbons (Fsp3) is 0.435. The van der Waals surface area contributed by atoms with Crippen molar-refractivity contribution in [2.75, 3.05) is 19.3 Å². The van der Waals surface area contributed by atoms with Gasteiger partial charge in [-0.25, -0.2) is 4.79 Å². The van der Waals surface area contributed by atoms with E-state index in [0.717, 1.165) is 5.56 Å². The summed E-state index contributed by atoms with van der Waals surface area (Å²) >= 11 is 12.0. The van der Waals surface area contributed by atoms with E-state index in [1.807, 2.05) is 31.2 Å². The molecular weight excluding hydrogens is 453 g/mol. The average Bonchev–Trinajstić information content (AvgIpc) is 3.04. The third-order valence-corrected chi connectivity index (χ3v) is 5.23. The Hall–Kier alpha value is -2.69. The minimum Gasteiger partial charge on any atom is -0.453 e. The van der Waals surface area contributed by atoms with Gasteiger partial charge in [-0.15, -0.1) is 11.6 Å². The third-order valence-electron chi connectivity index (χ3n) is 4.62. The van der Waals surface area contributed by atoms with Crippen LogP contribution in [0.2, 0.25) is 5.02 Å². The monoisotopic (exact) mass is 479 g/mol. The summed E-state index contributed by atoms with van der Waals surface area (Å²) in [6.07, 6.45) is -0.927. The van der Waals surface area contributed by atoms with Gasteiger partial charge in [-0.05, 0) is 30.4 Å². The summed E-state index contributed by atoms with van der Waals surface area (Å²) in [5.74, 6) is 0.308. The second-order valence-electron chi connectivity index (χ2n) is 7.90.